The number of quaternary nitrogens is 1. The van der Waals surface area contributed by atoms with E-state index < -0.39 is 20.8 Å². The van der Waals surface area contributed by atoms with Crippen molar-refractivity contribution in [2.24, 2.45) is 0 Å². The molecule has 0 unspecified atom stereocenters. The maximum absolute atomic E-state index is 10.4. The fourth-order valence-corrected chi connectivity index (χ4v) is 1.26. The summed E-state index contributed by atoms with van der Waals surface area (Å²) in [6.07, 6.45) is -0.623. The van der Waals surface area contributed by atoms with Gasteiger partial charge in [-0.25, -0.2) is 4.57 Å². The van der Waals surface area contributed by atoms with Crippen LogP contribution in [0.1, 0.15) is 6.42 Å². The molecule has 0 amide bonds. The normalized spacial score (nSPS) is 14.4. The number of carboxylic acid groups (broad SMARTS) is 1. The molecule has 76 valence electrons. The molecule has 0 fully saturated rings. The number of carboxylic acids is 1. The summed E-state index contributed by atoms with van der Waals surface area (Å²) in [5.41, 5.74) is 0. The fraction of sp³-hybridized carbons (Fsp3) is 0.857. The molecule has 0 aromatic heterocycles. The van der Waals surface area contributed by atoms with Crippen molar-refractivity contribution in [3.05, 3.63) is 0 Å². The molecule has 6 heteroatoms. The first-order valence-corrected chi connectivity index (χ1v) is 4.59. The summed E-state index contributed by atoms with van der Waals surface area (Å²) in [7, 11) is 5.28. The van der Waals surface area contributed by atoms with Crippen LogP contribution in [0.4, 0.5) is 0 Å². The summed E-state index contributed by atoms with van der Waals surface area (Å²) in [6, 6.07) is 0. The van der Waals surface area contributed by atoms with Crippen molar-refractivity contribution < 1.29 is 23.5 Å². The van der Waals surface area contributed by atoms with E-state index in [1.54, 1.807) is 0 Å². The van der Waals surface area contributed by atoms with Crippen molar-refractivity contribution in [2.75, 3.05) is 27.7 Å². The maximum atomic E-state index is 10.4. The van der Waals surface area contributed by atoms with Crippen LogP contribution in [0.15, 0.2) is 0 Å². The van der Waals surface area contributed by atoms with Gasteiger partial charge in [-0.3, -0.25) is 9.32 Å². The van der Waals surface area contributed by atoms with Gasteiger partial charge in [-0.2, -0.15) is 0 Å². The van der Waals surface area contributed by atoms with E-state index in [0.29, 0.717) is 11.0 Å². The van der Waals surface area contributed by atoms with Crippen LogP contribution in [0, 0.1) is 0 Å². The standard InChI is InChI=1S/C7H14NO4P/c1-8(2,3)5-6(12-13-11)4-7(9)10/h6H,4-5H2,1-3H3/p+1/t6-/m1/s1. The third-order valence-electron chi connectivity index (χ3n) is 1.35. The van der Waals surface area contributed by atoms with Gasteiger partial charge in [0.25, 0.3) is 0 Å². The van der Waals surface area contributed by atoms with Gasteiger partial charge in [0.15, 0.2) is 0 Å². The third-order valence-corrected chi connectivity index (χ3v) is 1.73. The molecule has 0 saturated carbocycles. The lowest BCUT2D eigenvalue weighted by molar-refractivity contribution is -0.873. The fourth-order valence-electron chi connectivity index (χ4n) is 1.00. The van der Waals surface area contributed by atoms with Crippen molar-refractivity contribution >= 4 is 14.7 Å². The lowest BCUT2D eigenvalue weighted by Crippen LogP contribution is -2.42. The summed E-state index contributed by atoms with van der Waals surface area (Å²) in [6.45, 7) is 0.515. The minimum absolute atomic E-state index is 0.120. The molecule has 0 radical (unpaired) electrons. The molecule has 0 aromatic rings. The van der Waals surface area contributed by atoms with E-state index in [2.05, 4.69) is 0 Å². The van der Waals surface area contributed by atoms with E-state index in [4.69, 9.17) is 9.63 Å². The SMILES string of the molecule is C[N+](C)(C)C[C@@H](CC(=O)O)OP=O. The van der Waals surface area contributed by atoms with Gasteiger partial charge in [-0.1, -0.05) is 0 Å². The van der Waals surface area contributed by atoms with Crippen LogP contribution in [-0.2, 0) is 13.9 Å². The number of likely N-dealkylation sites (N-methyl/N-ethyl adjacent to an activating group) is 1. The van der Waals surface area contributed by atoms with E-state index in [1.165, 1.54) is 0 Å². The van der Waals surface area contributed by atoms with Gasteiger partial charge in [0.2, 0.25) is 0 Å². The molecule has 0 heterocycles. The summed E-state index contributed by atoms with van der Waals surface area (Å²) >= 11 is 0. The molecule has 0 aliphatic rings. The molecule has 0 spiro atoms. The molecular weight excluding hydrogens is 193 g/mol. The second kappa shape index (κ2) is 5.27. The predicted molar refractivity (Wildman–Crippen MR) is 47.6 cm³/mol. The third kappa shape index (κ3) is 7.84. The molecule has 0 bridgehead atoms. The van der Waals surface area contributed by atoms with Gasteiger partial charge >= 0.3 is 14.7 Å². The Morgan fingerprint density at radius 2 is 2.08 bits per heavy atom. The van der Waals surface area contributed by atoms with Crippen molar-refractivity contribution in [1.29, 1.82) is 0 Å². The highest BCUT2D eigenvalue weighted by Gasteiger charge is 2.21. The second-order valence-electron chi connectivity index (χ2n) is 3.87. The average Bonchev–Trinajstić information content (AvgIpc) is 1.81. The minimum atomic E-state index is -0.943. The van der Waals surface area contributed by atoms with E-state index in [0.717, 1.165) is 0 Å². The Kier molecular flexibility index (Phi) is 5.06. The highest BCUT2D eigenvalue weighted by Crippen LogP contribution is 2.10. The predicted octanol–water partition coefficient (Wildman–Crippen LogP) is 0.759. The molecule has 0 aromatic carbocycles. The van der Waals surface area contributed by atoms with Crippen LogP contribution in [0.25, 0.3) is 0 Å². The smallest absolute Gasteiger partial charge is 0.327 e. The first-order valence-electron chi connectivity index (χ1n) is 3.86. The summed E-state index contributed by atoms with van der Waals surface area (Å²) in [5, 5.41) is 8.52. The Morgan fingerprint density at radius 1 is 1.54 bits per heavy atom. The van der Waals surface area contributed by atoms with Gasteiger partial charge in [-0.15, -0.1) is 0 Å². The molecule has 0 saturated heterocycles. The monoisotopic (exact) mass is 208 g/mol. The van der Waals surface area contributed by atoms with E-state index in [-0.39, 0.29) is 6.42 Å². The molecule has 0 aliphatic heterocycles. The van der Waals surface area contributed by atoms with Crippen LogP contribution < -0.4 is 0 Å². The molecule has 5 nitrogen and oxygen atoms in total. The average molecular weight is 208 g/mol. The lowest BCUT2D eigenvalue weighted by atomic mass is 10.2. The molecule has 1 N–H and O–H groups in total. The van der Waals surface area contributed by atoms with Gasteiger partial charge in [0.05, 0.1) is 27.6 Å². The molecule has 1 atom stereocenters. The molecular formula is C7H15NO4P+. The van der Waals surface area contributed by atoms with Gasteiger partial charge in [0, 0.05) is 0 Å². The Hall–Kier alpha value is -0.510. The first kappa shape index (κ1) is 12.5. The number of hydrogen-bond donors (Lipinski definition) is 1. The molecule has 13 heavy (non-hydrogen) atoms. The second-order valence-corrected chi connectivity index (χ2v) is 4.23. The number of carbonyl (C=O) groups is 1. The molecule has 0 rings (SSSR count). The highest BCUT2D eigenvalue weighted by atomic mass is 31.1. The summed E-state index contributed by atoms with van der Waals surface area (Å²) in [5.74, 6) is -0.943. The Morgan fingerprint density at radius 3 is 2.38 bits per heavy atom. The van der Waals surface area contributed by atoms with Crippen molar-refractivity contribution in [2.45, 2.75) is 12.5 Å². The number of rotatable bonds is 6. The van der Waals surface area contributed by atoms with E-state index in [1.807, 2.05) is 21.1 Å². The van der Waals surface area contributed by atoms with Gasteiger partial charge < -0.3 is 9.59 Å². The Labute approximate surface area is 79.2 Å². The summed E-state index contributed by atoms with van der Waals surface area (Å²) in [4.78, 5) is 10.4. The van der Waals surface area contributed by atoms with Crippen molar-refractivity contribution in [1.82, 2.24) is 0 Å². The van der Waals surface area contributed by atoms with Gasteiger partial charge in [0.1, 0.15) is 12.6 Å². The maximum Gasteiger partial charge on any atom is 0.327 e. The first-order chi connectivity index (χ1) is 5.85. The van der Waals surface area contributed by atoms with E-state index in [9.17, 15) is 9.36 Å². The zero-order valence-corrected chi connectivity index (χ0v) is 8.95. The van der Waals surface area contributed by atoms with E-state index >= 15 is 0 Å². The Balaban J connectivity index is 4.09. The van der Waals surface area contributed by atoms with Crippen LogP contribution in [0.5, 0.6) is 0 Å². The minimum Gasteiger partial charge on any atom is -0.481 e. The van der Waals surface area contributed by atoms with Crippen molar-refractivity contribution in [3.63, 3.8) is 0 Å². The van der Waals surface area contributed by atoms with Gasteiger partial charge in [-0.05, 0) is 0 Å². The molecule has 0 aliphatic carbocycles. The zero-order valence-electron chi connectivity index (χ0n) is 8.06. The van der Waals surface area contributed by atoms with Crippen LogP contribution in [-0.4, -0.2) is 49.4 Å². The highest BCUT2D eigenvalue weighted by molar-refractivity contribution is 7.17. The van der Waals surface area contributed by atoms with Crippen molar-refractivity contribution in [3.8, 4) is 0 Å². The quantitative estimate of drug-likeness (QED) is 0.517. The topological polar surface area (TPSA) is 63.6 Å². The van der Waals surface area contributed by atoms with Crippen LogP contribution >= 0.6 is 8.69 Å². The largest absolute Gasteiger partial charge is 0.481 e. The van der Waals surface area contributed by atoms with Crippen LogP contribution in [0.2, 0.25) is 0 Å². The lowest BCUT2D eigenvalue weighted by Gasteiger charge is -2.26. The number of hydrogen-bond acceptors (Lipinski definition) is 3. The summed E-state index contributed by atoms with van der Waals surface area (Å²) < 4.78 is 15.5. The zero-order chi connectivity index (χ0) is 10.5. The van der Waals surface area contributed by atoms with Crippen LogP contribution in [0.3, 0.4) is 0 Å². The number of nitrogens with zero attached hydrogens (tertiary/aromatic N) is 1. The number of aliphatic carboxylic acids is 1. The Bertz CT molecular complexity index is 189.